The minimum atomic E-state index is -4.62. The molecule has 44 heavy (non-hydrogen) atoms. The SMILES string of the molecule is O=C(CC(CCN1CCCC[C@H]1C(F)(F)F)NC(=O)c1cc(-c2ccccc2C(F)(F)F)n(C2CCCC2)n1)NC1CCC1. The van der Waals surface area contributed by atoms with E-state index in [1.165, 1.54) is 33.8 Å². The fourth-order valence-electron chi connectivity index (χ4n) is 6.59. The lowest BCUT2D eigenvalue weighted by atomic mass is 9.93. The number of hydrogen-bond donors (Lipinski definition) is 2. The van der Waals surface area contributed by atoms with E-state index in [1.54, 1.807) is 0 Å². The van der Waals surface area contributed by atoms with E-state index in [0.717, 1.165) is 38.2 Å². The molecule has 0 radical (unpaired) electrons. The third-order valence-electron chi connectivity index (χ3n) is 9.14. The van der Waals surface area contributed by atoms with Gasteiger partial charge in [0.2, 0.25) is 5.91 Å². The number of amides is 2. The van der Waals surface area contributed by atoms with Crippen LogP contribution in [0.25, 0.3) is 11.3 Å². The summed E-state index contributed by atoms with van der Waals surface area (Å²) < 4.78 is 84.4. The maximum Gasteiger partial charge on any atom is 0.417 e. The summed E-state index contributed by atoms with van der Waals surface area (Å²) in [6, 6.07) is 4.01. The van der Waals surface area contributed by atoms with Gasteiger partial charge in [-0.05, 0) is 70.0 Å². The minimum Gasteiger partial charge on any atom is -0.353 e. The summed E-state index contributed by atoms with van der Waals surface area (Å²) >= 11 is 0. The molecule has 2 N–H and O–H groups in total. The minimum absolute atomic E-state index is 0.00344. The predicted octanol–water partition coefficient (Wildman–Crippen LogP) is 6.65. The van der Waals surface area contributed by atoms with Gasteiger partial charge in [-0.3, -0.25) is 19.2 Å². The van der Waals surface area contributed by atoms with Gasteiger partial charge in [0.1, 0.15) is 6.04 Å². The highest BCUT2D eigenvalue weighted by Crippen LogP contribution is 2.40. The molecule has 0 bridgehead atoms. The smallest absolute Gasteiger partial charge is 0.353 e. The molecule has 1 aromatic carbocycles. The summed E-state index contributed by atoms with van der Waals surface area (Å²) in [5.74, 6) is -0.984. The first-order chi connectivity index (χ1) is 20.9. The number of alkyl halides is 6. The van der Waals surface area contributed by atoms with Gasteiger partial charge in [-0.15, -0.1) is 0 Å². The molecule has 0 spiro atoms. The van der Waals surface area contributed by atoms with Crippen LogP contribution in [-0.2, 0) is 11.0 Å². The summed E-state index contributed by atoms with van der Waals surface area (Å²) in [7, 11) is 0. The van der Waals surface area contributed by atoms with Crippen LogP contribution < -0.4 is 10.6 Å². The molecule has 1 saturated heterocycles. The van der Waals surface area contributed by atoms with Gasteiger partial charge in [0.25, 0.3) is 5.91 Å². The monoisotopic (exact) mass is 627 g/mol. The molecule has 2 atom stereocenters. The van der Waals surface area contributed by atoms with Crippen molar-refractivity contribution in [1.82, 2.24) is 25.3 Å². The molecule has 2 saturated carbocycles. The van der Waals surface area contributed by atoms with Gasteiger partial charge in [-0.2, -0.15) is 31.4 Å². The average molecular weight is 628 g/mol. The first-order valence-corrected chi connectivity index (χ1v) is 15.6. The number of carbonyl (C=O) groups excluding carboxylic acids is 2. The maximum absolute atomic E-state index is 13.9. The van der Waals surface area contributed by atoms with E-state index in [4.69, 9.17) is 0 Å². The summed E-state index contributed by atoms with van der Waals surface area (Å²) in [6.07, 6.45) is -2.00. The number of carbonyl (C=O) groups is 2. The summed E-state index contributed by atoms with van der Waals surface area (Å²) in [5.41, 5.74) is -0.842. The van der Waals surface area contributed by atoms with Crippen molar-refractivity contribution in [1.29, 1.82) is 0 Å². The van der Waals surface area contributed by atoms with Gasteiger partial charge < -0.3 is 10.6 Å². The number of aromatic nitrogens is 2. The molecular formula is C31H39F6N5O2. The molecule has 3 aliphatic rings. The normalized spacial score (nSPS) is 21.2. The molecule has 5 rings (SSSR count). The molecule has 7 nitrogen and oxygen atoms in total. The molecule has 3 fully saturated rings. The zero-order valence-electron chi connectivity index (χ0n) is 24.5. The molecule has 2 aromatic rings. The van der Waals surface area contributed by atoms with Crippen LogP contribution in [0.1, 0.15) is 99.1 Å². The highest BCUT2D eigenvalue weighted by atomic mass is 19.4. The van der Waals surface area contributed by atoms with Crippen molar-refractivity contribution in [2.24, 2.45) is 0 Å². The van der Waals surface area contributed by atoms with Crippen LogP contribution in [0.15, 0.2) is 30.3 Å². The highest BCUT2D eigenvalue weighted by Gasteiger charge is 2.44. The van der Waals surface area contributed by atoms with Crippen LogP contribution in [0.3, 0.4) is 0 Å². The molecular weight excluding hydrogens is 588 g/mol. The molecule has 2 aliphatic carbocycles. The van der Waals surface area contributed by atoms with Gasteiger partial charge in [-0.1, -0.05) is 37.5 Å². The molecule has 2 heterocycles. The van der Waals surface area contributed by atoms with Crippen LogP contribution in [0.4, 0.5) is 26.3 Å². The van der Waals surface area contributed by atoms with E-state index in [1.807, 2.05) is 0 Å². The number of piperidine rings is 1. The molecule has 2 amide bonds. The van der Waals surface area contributed by atoms with E-state index in [0.29, 0.717) is 25.7 Å². The van der Waals surface area contributed by atoms with E-state index in [9.17, 15) is 35.9 Å². The van der Waals surface area contributed by atoms with Gasteiger partial charge in [0, 0.05) is 30.6 Å². The summed E-state index contributed by atoms with van der Waals surface area (Å²) in [4.78, 5) is 27.7. The molecule has 1 unspecified atom stereocenters. The molecule has 13 heteroatoms. The Morgan fingerprint density at radius 1 is 0.932 bits per heavy atom. The van der Waals surface area contributed by atoms with Crippen molar-refractivity contribution in [3.05, 3.63) is 41.6 Å². The summed E-state index contributed by atoms with van der Waals surface area (Å²) in [5, 5.41) is 10.2. The molecule has 1 aliphatic heterocycles. The van der Waals surface area contributed by atoms with E-state index < -0.39 is 35.9 Å². The third kappa shape index (κ3) is 7.76. The Morgan fingerprint density at radius 3 is 2.30 bits per heavy atom. The Kier molecular flexibility index (Phi) is 9.91. The van der Waals surface area contributed by atoms with E-state index in [-0.39, 0.29) is 67.3 Å². The van der Waals surface area contributed by atoms with Crippen molar-refractivity contribution < 1.29 is 35.9 Å². The standard InChI is InChI=1S/C31H39F6N5O2/c32-30(33,34)24-13-4-3-12-23(24)26-19-25(40-42(26)22-10-1-2-11-22)29(44)39-21(18-28(43)38-20-8-7-9-20)15-17-41-16-6-5-14-27(41)31(35,36)37/h3-4,12-13,19-22,27H,1-2,5-11,14-18H2,(H,38,43)(H,39,44)/t21?,27-/m0/s1. The number of likely N-dealkylation sites (tertiary alicyclic amines) is 1. The molecule has 242 valence electrons. The number of rotatable bonds is 10. The number of nitrogens with zero attached hydrogens (tertiary/aromatic N) is 3. The Hall–Kier alpha value is -3.09. The van der Waals surface area contributed by atoms with Crippen LogP contribution in [0.5, 0.6) is 0 Å². The van der Waals surface area contributed by atoms with Crippen molar-refractivity contribution >= 4 is 11.8 Å². The maximum atomic E-state index is 13.9. The summed E-state index contributed by atoms with van der Waals surface area (Å²) in [6.45, 7) is 0.305. The Balaban J connectivity index is 1.38. The average Bonchev–Trinajstić information content (AvgIpc) is 3.63. The van der Waals surface area contributed by atoms with E-state index >= 15 is 0 Å². The van der Waals surface area contributed by atoms with Crippen LogP contribution in [0.2, 0.25) is 0 Å². The second kappa shape index (κ2) is 13.5. The van der Waals surface area contributed by atoms with Gasteiger partial charge in [0.15, 0.2) is 5.69 Å². The van der Waals surface area contributed by atoms with Gasteiger partial charge in [0.05, 0.1) is 17.3 Å². The van der Waals surface area contributed by atoms with Crippen LogP contribution in [0, 0.1) is 0 Å². The molecule has 1 aromatic heterocycles. The van der Waals surface area contributed by atoms with Crippen LogP contribution in [-0.4, -0.2) is 63.9 Å². The van der Waals surface area contributed by atoms with E-state index in [2.05, 4.69) is 15.7 Å². The van der Waals surface area contributed by atoms with Gasteiger partial charge >= 0.3 is 12.4 Å². The van der Waals surface area contributed by atoms with Gasteiger partial charge in [-0.25, -0.2) is 0 Å². The fourth-order valence-corrected chi connectivity index (χ4v) is 6.59. The Bertz CT molecular complexity index is 1300. The zero-order valence-corrected chi connectivity index (χ0v) is 24.5. The van der Waals surface area contributed by atoms with Crippen molar-refractivity contribution in [3.8, 4) is 11.3 Å². The lowest BCUT2D eigenvalue weighted by Crippen LogP contribution is -2.50. The number of halogens is 6. The van der Waals surface area contributed by atoms with Crippen molar-refractivity contribution in [3.63, 3.8) is 0 Å². The Labute approximate surface area is 252 Å². The number of benzene rings is 1. The highest BCUT2D eigenvalue weighted by molar-refractivity contribution is 5.94. The topological polar surface area (TPSA) is 79.3 Å². The Morgan fingerprint density at radius 2 is 1.64 bits per heavy atom. The predicted molar refractivity (Wildman–Crippen MR) is 152 cm³/mol. The first kappa shape index (κ1) is 32.3. The van der Waals surface area contributed by atoms with Crippen LogP contribution >= 0.6 is 0 Å². The number of nitrogens with one attached hydrogen (secondary N) is 2. The lowest BCUT2D eigenvalue weighted by molar-refractivity contribution is -0.191. The second-order valence-corrected chi connectivity index (χ2v) is 12.3. The lowest BCUT2D eigenvalue weighted by Gasteiger charge is -2.37. The fraction of sp³-hybridized carbons (Fsp3) is 0.645. The first-order valence-electron chi connectivity index (χ1n) is 15.6. The number of hydrogen-bond acceptors (Lipinski definition) is 4. The zero-order chi connectivity index (χ0) is 31.5. The second-order valence-electron chi connectivity index (χ2n) is 12.3. The quantitative estimate of drug-likeness (QED) is 0.289. The largest absolute Gasteiger partial charge is 0.417 e. The van der Waals surface area contributed by atoms with Crippen molar-refractivity contribution in [2.75, 3.05) is 13.1 Å². The van der Waals surface area contributed by atoms with Crippen molar-refractivity contribution in [2.45, 2.75) is 114 Å². The third-order valence-corrected chi connectivity index (χ3v) is 9.14.